The molecule has 21 heavy (non-hydrogen) atoms. The summed E-state index contributed by atoms with van der Waals surface area (Å²) in [5, 5.41) is 5.64. The number of fused-ring (bicyclic) bond motifs is 1. The average molecular weight is 308 g/mol. The molecule has 0 saturated heterocycles. The smallest absolute Gasteiger partial charge is 0.222 e. The van der Waals surface area contributed by atoms with Crippen molar-refractivity contribution < 1.29 is 9.47 Å². The van der Waals surface area contributed by atoms with E-state index in [9.17, 15) is 0 Å². The first-order valence-electron chi connectivity index (χ1n) is 6.09. The first-order chi connectivity index (χ1) is 10.1. The fourth-order valence-electron chi connectivity index (χ4n) is 2.22. The highest BCUT2D eigenvalue weighted by atomic mass is 35.5. The molecule has 1 atom stereocenters. The van der Waals surface area contributed by atoms with Gasteiger partial charge in [0.25, 0.3) is 0 Å². The molecule has 8 heteroatoms. The molecule has 2 aromatic rings. The first-order valence-corrected chi connectivity index (χ1v) is 6.47. The number of hydrogen-bond acceptors (Lipinski definition) is 5. The normalized spacial score (nSPS) is 13.5. The molecule has 0 radical (unpaired) electrons. The Balaban J connectivity index is 2.79. The Morgan fingerprint density at radius 1 is 1.33 bits per heavy atom. The molecule has 0 saturated carbocycles. The Bertz CT molecular complexity index is 717. The van der Waals surface area contributed by atoms with Crippen molar-refractivity contribution in [1.29, 1.82) is 0 Å². The lowest BCUT2D eigenvalue weighted by molar-refractivity contribution is 0.141. The minimum atomic E-state index is -0.911. The van der Waals surface area contributed by atoms with Crippen LogP contribution < -0.4 is 4.74 Å². The molecule has 0 aliphatic heterocycles. The van der Waals surface area contributed by atoms with E-state index in [-0.39, 0.29) is 6.61 Å². The predicted octanol–water partition coefficient (Wildman–Crippen LogP) is 3.46. The van der Waals surface area contributed by atoms with Crippen LogP contribution in [0.5, 0.6) is 5.88 Å². The lowest BCUT2D eigenvalue weighted by atomic mass is 9.91. The SMILES string of the molecule is COCC(C)(N=[N+]=[N-])c1cnc(OC)c2cnc(Cl)cc12. The first kappa shape index (κ1) is 15.3. The van der Waals surface area contributed by atoms with Crippen molar-refractivity contribution in [2.45, 2.75) is 12.5 Å². The summed E-state index contributed by atoms with van der Waals surface area (Å²) in [5.41, 5.74) is 8.62. The summed E-state index contributed by atoms with van der Waals surface area (Å²) in [4.78, 5) is 11.2. The molecule has 0 bridgehead atoms. The molecule has 0 aliphatic rings. The molecule has 0 aromatic carbocycles. The van der Waals surface area contributed by atoms with Gasteiger partial charge in [0.1, 0.15) is 5.15 Å². The van der Waals surface area contributed by atoms with Crippen LogP contribution in [0.1, 0.15) is 12.5 Å². The van der Waals surface area contributed by atoms with E-state index >= 15 is 0 Å². The summed E-state index contributed by atoms with van der Waals surface area (Å²) in [5.74, 6) is 0.429. The van der Waals surface area contributed by atoms with E-state index in [1.807, 2.05) is 0 Å². The second kappa shape index (κ2) is 6.13. The van der Waals surface area contributed by atoms with Gasteiger partial charge in [-0.3, -0.25) is 0 Å². The van der Waals surface area contributed by atoms with Crippen LogP contribution in [0.4, 0.5) is 0 Å². The van der Waals surface area contributed by atoms with Gasteiger partial charge in [0.05, 0.1) is 24.6 Å². The lowest BCUT2D eigenvalue weighted by Crippen LogP contribution is -2.25. The number of nitrogens with zero attached hydrogens (tertiary/aromatic N) is 5. The standard InChI is InChI=1S/C13H14ClN5O2/c1-13(7-20-2,18-19-15)10-6-17-12(21-3)9-5-16-11(14)4-8(9)10/h4-6H,7H2,1-3H3. The zero-order chi connectivity index (χ0) is 15.5. The lowest BCUT2D eigenvalue weighted by Gasteiger charge is -2.25. The van der Waals surface area contributed by atoms with Crippen LogP contribution in [0.25, 0.3) is 21.2 Å². The Morgan fingerprint density at radius 2 is 2.10 bits per heavy atom. The van der Waals surface area contributed by atoms with Crippen molar-refractivity contribution in [3.05, 3.63) is 39.6 Å². The molecule has 0 amide bonds. The van der Waals surface area contributed by atoms with E-state index in [1.165, 1.54) is 7.11 Å². The van der Waals surface area contributed by atoms with Crippen LogP contribution >= 0.6 is 11.6 Å². The minimum Gasteiger partial charge on any atom is -0.481 e. The van der Waals surface area contributed by atoms with E-state index in [0.717, 1.165) is 5.39 Å². The fraction of sp³-hybridized carbons (Fsp3) is 0.385. The van der Waals surface area contributed by atoms with Gasteiger partial charge in [0.15, 0.2) is 0 Å². The van der Waals surface area contributed by atoms with Crippen molar-refractivity contribution in [2.75, 3.05) is 20.8 Å². The number of rotatable bonds is 5. The van der Waals surface area contributed by atoms with Gasteiger partial charge in [-0.25, -0.2) is 9.97 Å². The van der Waals surface area contributed by atoms with Gasteiger partial charge in [0.2, 0.25) is 5.88 Å². The van der Waals surface area contributed by atoms with Crippen molar-refractivity contribution >= 4 is 22.4 Å². The van der Waals surface area contributed by atoms with Gasteiger partial charge in [-0.15, -0.1) is 0 Å². The predicted molar refractivity (Wildman–Crippen MR) is 79.5 cm³/mol. The summed E-state index contributed by atoms with van der Waals surface area (Å²) in [6, 6.07) is 1.69. The van der Waals surface area contributed by atoms with Gasteiger partial charge in [0, 0.05) is 24.4 Å². The number of aromatic nitrogens is 2. The van der Waals surface area contributed by atoms with E-state index in [0.29, 0.717) is 22.0 Å². The Hall–Kier alpha value is -2.08. The van der Waals surface area contributed by atoms with Crippen molar-refractivity contribution in [3.63, 3.8) is 0 Å². The highest BCUT2D eigenvalue weighted by Gasteiger charge is 2.29. The largest absolute Gasteiger partial charge is 0.481 e. The third kappa shape index (κ3) is 2.85. The molecule has 1 unspecified atom stereocenters. The van der Waals surface area contributed by atoms with Gasteiger partial charge in [-0.2, -0.15) is 0 Å². The topological polar surface area (TPSA) is 93.0 Å². The average Bonchev–Trinajstić information content (AvgIpc) is 2.46. The number of azide groups is 1. The van der Waals surface area contributed by atoms with Crippen LogP contribution in [0, 0.1) is 0 Å². The third-order valence-corrected chi connectivity index (χ3v) is 3.37. The molecule has 0 N–H and O–H groups in total. The zero-order valence-electron chi connectivity index (χ0n) is 11.9. The quantitative estimate of drug-likeness (QED) is 0.366. The highest BCUT2D eigenvalue weighted by molar-refractivity contribution is 6.30. The maximum Gasteiger partial charge on any atom is 0.222 e. The molecule has 2 rings (SSSR count). The Morgan fingerprint density at radius 3 is 2.71 bits per heavy atom. The van der Waals surface area contributed by atoms with Crippen LogP contribution in [-0.2, 0) is 10.3 Å². The number of ether oxygens (including phenoxy) is 2. The number of methoxy groups -OCH3 is 2. The van der Waals surface area contributed by atoms with E-state index < -0.39 is 5.54 Å². The van der Waals surface area contributed by atoms with Gasteiger partial charge in [-0.1, -0.05) is 16.7 Å². The molecule has 2 heterocycles. The molecule has 0 aliphatic carbocycles. The molecule has 110 valence electrons. The number of hydrogen-bond donors (Lipinski definition) is 0. The van der Waals surface area contributed by atoms with Gasteiger partial charge < -0.3 is 9.47 Å². The summed E-state index contributed by atoms with van der Waals surface area (Å²) in [7, 11) is 3.07. The molecule has 0 spiro atoms. The van der Waals surface area contributed by atoms with Crippen LogP contribution in [0.2, 0.25) is 5.15 Å². The number of halogens is 1. The fourth-order valence-corrected chi connectivity index (χ4v) is 2.38. The molecule has 2 aromatic heterocycles. The highest BCUT2D eigenvalue weighted by Crippen LogP contribution is 2.35. The maximum atomic E-state index is 8.84. The zero-order valence-corrected chi connectivity index (χ0v) is 12.6. The third-order valence-electron chi connectivity index (χ3n) is 3.17. The second-order valence-corrected chi connectivity index (χ2v) is 5.02. The maximum absolute atomic E-state index is 8.84. The molecular weight excluding hydrogens is 294 g/mol. The Labute approximate surface area is 126 Å². The molecule has 7 nitrogen and oxygen atoms in total. The summed E-state index contributed by atoms with van der Waals surface area (Å²) < 4.78 is 10.4. The van der Waals surface area contributed by atoms with Crippen LogP contribution in [0.15, 0.2) is 23.6 Å². The van der Waals surface area contributed by atoms with E-state index in [1.54, 1.807) is 32.5 Å². The van der Waals surface area contributed by atoms with Crippen LogP contribution in [-0.4, -0.2) is 30.8 Å². The second-order valence-electron chi connectivity index (χ2n) is 4.63. The molecule has 0 fully saturated rings. The van der Waals surface area contributed by atoms with E-state index in [2.05, 4.69) is 20.0 Å². The van der Waals surface area contributed by atoms with Gasteiger partial charge in [-0.05, 0) is 29.5 Å². The Kier molecular flexibility index (Phi) is 4.47. The number of pyridine rings is 2. The summed E-state index contributed by atoms with van der Waals surface area (Å²) >= 11 is 5.98. The molecular formula is C13H14ClN5O2. The summed E-state index contributed by atoms with van der Waals surface area (Å²) in [6.45, 7) is 1.98. The van der Waals surface area contributed by atoms with Crippen molar-refractivity contribution in [2.24, 2.45) is 5.11 Å². The summed E-state index contributed by atoms with van der Waals surface area (Å²) in [6.07, 6.45) is 3.18. The monoisotopic (exact) mass is 307 g/mol. The van der Waals surface area contributed by atoms with Crippen molar-refractivity contribution in [1.82, 2.24) is 9.97 Å². The minimum absolute atomic E-state index is 0.208. The van der Waals surface area contributed by atoms with Crippen molar-refractivity contribution in [3.8, 4) is 5.88 Å². The van der Waals surface area contributed by atoms with Gasteiger partial charge >= 0.3 is 0 Å². The van der Waals surface area contributed by atoms with E-state index in [4.69, 9.17) is 26.6 Å². The van der Waals surface area contributed by atoms with Crippen LogP contribution in [0.3, 0.4) is 0 Å².